The summed E-state index contributed by atoms with van der Waals surface area (Å²) in [4.78, 5) is 20.1. The minimum absolute atomic E-state index is 0.0491. The van der Waals surface area contributed by atoms with Crippen molar-refractivity contribution in [1.29, 1.82) is 0 Å². The van der Waals surface area contributed by atoms with Crippen molar-refractivity contribution in [2.75, 3.05) is 7.11 Å². The third-order valence-corrected chi connectivity index (χ3v) is 2.21. The molecule has 0 atom stereocenters. The van der Waals surface area contributed by atoms with Crippen molar-refractivity contribution in [1.82, 2.24) is 10.2 Å². The summed E-state index contributed by atoms with van der Waals surface area (Å²) in [7, 11) is 1.25. The molecule has 2 aromatic rings. The predicted octanol–water partition coefficient (Wildman–Crippen LogP) is 1.39. The summed E-state index contributed by atoms with van der Waals surface area (Å²) in [6, 6.07) is 2.34. The van der Waals surface area contributed by atoms with Crippen molar-refractivity contribution in [2.45, 2.75) is 0 Å². The van der Waals surface area contributed by atoms with Gasteiger partial charge in [-0.25, -0.2) is 0 Å². The van der Waals surface area contributed by atoms with Crippen molar-refractivity contribution in [3.8, 4) is 5.75 Å². The summed E-state index contributed by atoms with van der Waals surface area (Å²) < 4.78 is 4.81. The first-order chi connectivity index (χ1) is 8.04. The summed E-state index contributed by atoms with van der Waals surface area (Å²) in [5, 5.41) is 27.4. The average molecular weight is 238 g/mol. The fourth-order valence-corrected chi connectivity index (χ4v) is 1.46. The molecule has 1 N–H and O–H groups in total. The number of methoxy groups -OCH3 is 1. The van der Waals surface area contributed by atoms with Crippen LogP contribution in [0.25, 0.3) is 10.9 Å². The van der Waals surface area contributed by atoms with Gasteiger partial charge < -0.3 is 14.9 Å². The zero-order valence-electron chi connectivity index (χ0n) is 8.54. The number of nitrogens with zero attached hydrogens (tertiary/aromatic N) is 3. The third-order valence-electron chi connectivity index (χ3n) is 2.21. The van der Waals surface area contributed by atoms with E-state index in [4.69, 9.17) is 4.74 Å². The highest BCUT2D eigenvalue weighted by atomic mass is 16.6. The average Bonchev–Trinajstić information content (AvgIpc) is 2.69. The van der Waals surface area contributed by atoms with Crippen molar-refractivity contribution in [3.05, 3.63) is 32.4 Å². The van der Waals surface area contributed by atoms with Gasteiger partial charge in [0.1, 0.15) is 10.9 Å². The van der Waals surface area contributed by atoms with Gasteiger partial charge in [0.05, 0.1) is 18.1 Å². The molecule has 0 aliphatic rings. The van der Waals surface area contributed by atoms with Gasteiger partial charge in [0, 0.05) is 6.07 Å². The Labute approximate surface area is 93.3 Å². The Bertz CT molecular complexity index is 620. The Morgan fingerprint density at radius 2 is 2.00 bits per heavy atom. The minimum Gasteiger partial charge on any atom is -0.490 e. The van der Waals surface area contributed by atoms with Gasteiger partial charge in [0.25, 0.3) is 0 Å². The van der Waals surface area contributed by atoms with Crippen LogP contribution in [-0.4, -0.2) is 27.2 Å². The van der Waals surface area contributed by atoms with Gasteiger partial charge in [-0.1, -0.05) is 5.10 Å². The van der Waals surface area contributed by atoms with Gasteiger partial charge in [-0.05, 0) is 4.92 Å². The number of nitro groups is 2. The predicted molar refractivity (Wildman–Crippen MR) is 56.0 cm³/mol. The van der Waals surface area contributed by atoms with E-state index in [-0.39, 0.29) is 28.2 Å². The van der Waals surface area contributed by atoms with E-state index in [9.17, 15) is 20.2 Å². The molecule has 0 unspecified atom stereocenters. The van der Waals surface area contributed by atoms with Gasteiger partial charge in [-0.2, -0.15) is 0 Å². The maximum Gasteiger partial charge on any atom is 0.350 e. The van der Waals surface area contributed by atoms with Crippen LogP contribution < -0.4 is 4.74 Å². The van der Waals surface area contributed by atoms with Crippen LogP contribution in [0.1, 0.15) is 0 Å². The number of aromatic amines is 1. The summed E-state index contributed by atoms with van der Waals surface area (Å²) in [6.45, 7) is 0. The fraction of sp³-hybridized carbons (Fsp3) is 0.125. The van der Waals surface area contributed by atoms with Crippen LogP contribution in [0.3, 0.4) is 0 Å². The lowest BCUT2D eigenvalue weighted by Crippen LogP contribution is -1.94. The number of benzene rings is 1. The number of aromatic nitrogens is 2. The Hall–Kier alpha value is -2.71. The molecular weight excluding hydrogens is 232 g/mol. The molecule has 0 spiro atoms. The Morgan fingerprint density at radius 3 is 2.53 bits per heavy atom. The molecule has 0 radical (unpaired) electrons. The van der Waals surface area contributed by atoms with Crippen LogP contribution in [0.5, 0.6) is 5.75 Å². The molecule has 0 aliphatic heterocycles. The molecule has 0 fully saturated rings. The first-order valence-electron chi connectivity index (χ1n) is 4.39. The SMILES string of the molecule is COc1cc2c([N+](=O)[O-])[nH]nc2cc1[N+](=O)[O-]. The largest absolute Gasteiger partial charge is 0.490 e. The van der Waals surface area contributed by atoms with Gasteiger partial charge in [0.15, 0.2) is 5.75 Å². The van der Waals surface area contributed by atoms with Crippen LogP contribution in [0.2, 0.25) is 0 Å². The topological polar surface area (TPSA) is 124 Å². The Morgan fingerprint density at radius 1 is 1.29 bits per heavy atom. The van der Waals surface area contributed by atoms with Crippen LogP contribution in [-0.2, 0) is 0 Å². The van der Waals surface area contributed by atoms with E-state index >= 15 is 0 Å². The number of rotatable bonds is 3. The first-order valence-corrected chi connectivity index (χ1v) is 4.39. The minimum atomic E-state index is -0.652. The van der Waals surface area contributed by atoms with Crippen LogP contribution >= 0.6 is 0 Å². The summed E-state index contributed by atoms with van der Waals surface area (Å²) in [5.74, 6) is -0.375. The molecule has 1 aromatic heterocycles. The standard InChI is InChI=1S/C8H6N4O5/c1-17-7-2-4-5(3-6(7)11(13)14)9-10-8(4)12(15)16/h2-3H,1H3,(H,9,10). The Balaban J connectivity index is 2.76. The van der Waals surface area contributed by atoms with Crippen LogP contribution in [0.15, 0.2) is 12.1 Å². The molecule has 0 saturated heterocycles. The van der Waals surface area contributed by atoms with Crippen molar-refractivity contribution >= 4 is 22.4 Å². The van der Waals surface area contributed by atoms with Gasteiger partial charge in [-0.15, -0.1) is 5.10 Å². The maximum absolute atomic E-state index is 10.7. The van der Waals surface area contributed by atoms with E-state index in [1.165, 1.54) is 13.2 Å². The number of H-pyrrole nitrogens is 1. The number of nitrogens with one attached hydrogen (secondary N) is 1. The highest BCUT2D eigenvalue weighted by Gasteiger charge is 2.22. The number of fused-ring (bicyclic) bond motifs is 1. The molecule has 17 heavy (non-hydrogen) atoms. The van der Waals surface area contributed by atoms with Gasteiger partial charge in [0.2, 0.25) is 0 Å². The highest BCUT2D eigenvalue weighted by molar-refractivity contribution is 5.90. The van der Waals surface area contributed by atoms with E-state index in [0.717, 1.165) is 6.07 Å². The molecule has 0 aliphatic carbocycles. The number of hydrogen-bond acceptors (Lipinski definition) is 6. The summed E-state index contributed by atoms with van der Waals surface area (Å²) in [5.41, 5.74) is -0.148. The molecule has 0 saturated carbocycles. The van der Waals surface area contributed by atoms with Crippen molar-refractivity contribution in [3.63, 3.8) is 0 Å². The van der Waals surface area contributed by atoms with E-state index < -0.39 is 9.85 Å². The molecular formula is C8H6N4O5. The summed E-state index contributed by atoms with van der Waals surface area (Å²) >= 11 is 0. The fourth-order valence-electron chi connectivity index (χ4n) is 1.46. The second kappa shape index (κ2) is 3.70. The summed E-state index contributed by atoms with van der Waals surface area (Å²) in [6.07, 6.45) is 0. The molecule has 2 rings (SSSR count). The normalized spacial score (nSPS) is 10.4. The van der Waals surface area contributed by atoms with Gasteiger partial charge in [-0.3, -0.25) is 10.1 Å². The lowest BCUT2D eigenvalue weighted by atomic mass is 10.2. The second-order valence-electron chi connectivity index (χ2n) is 3.13. The van der Waals surface area contributed by atoms with Crippen LogP contribution in [0.4, 0.5) is 11.5 Å². The highest BCUT2D eigenvalue weighted by Crippen LogP contribution is 2.34. The zero-order valence-corrected chi connectivity index (χ0v) is 8.54. The third kappa shape index (κ3) is 1.62. The lowest BCUT2D eigenvalue weighted by molar-refractivity contribution is -0.387. The molecule has 0 bridgehead atoms. The van der Waals surface area contributed by atoms with Gasteiger partial charge >= 0.3 is 11.5 Å². The number of ether oxygens (including phenoxy) is 1. The molecule has 9 heteroatoms. The maximum atomic E-state index is 10.7. The smallest absolute Gasteiger partial charge is 0.350 e. The van der Waals surface area contributed by atoms with Crippen molar-refractivity contribution in [2.24, 2.45) is 0 Å². The molecule has 9 nitrogen and oxygen atoms in total. The van der Waals surface area contributed by atoms with E-state index in [2.05, 4.69) is 10.2 Å². The zero-order chi connectivity index (χ0) is 12.6. The number of nitro benzene ring substituents is 1. The quantitative estimate of drug-likeness (QED) is 0.636. The van der Waals surface area contributed by atoms with E-state index in [0.29, 0.717) is 0 Å². The molecule has 1 aromatic carbocycles. The second-order valence-corrected chi connectivity index (χ2v) is 3.13. The molecule has 88 valence electrons. The number of hydrogen-bond donors (Lipinski definition) is 1. The molecule has 0 amide bonds. The van der Waals surface area contributed by atoms with E-state index in [1.807, 2.05) is 0 Å². The first kappa shape index (κ1) is 10.8. The Kier molecular flexibility index (Phi) is 2.35. The van der Waals surface area contributed by atoms with Crippen LogP contribution in [0, 0.1) is 20.2 Å². The monoisotopic (exact) mass is 238 g/mol. The van der Waals surface area contributed by atoms with E-state index in [1.54, 1.807) is 0 Å². The molecule has 1 heterocycles. The van der Waals surface area contributed by atoms with Crippen molar-refractivity contribution < 1.29 is 14.6 Å². The lowest BCUT2D eigenvalue weighted by Gasteiger charge is -2.00.